The van der Waals surface area contributed by atoms with Gasteiger partial charge in [-0.2, -0.15) is 0 Å². The predicted octanol–water partition coefficient (Wildman–Crippen LogP) is 4.63. The van der Waals surface area contributed by atoms with Crippen LogP contribution in [0, 0.1) is 0 Å². The third kappa shape index (κ3) is 4.40. The highest BCUT2D eigenvalue weighted by Gasteiger charge is 2.26. The van der Waals surface area contributed by atoms with E-state index in [2.05, 4.69) is 6.92 Å². The number of para-hydroxylation sites is 1. The van der Waals surface area contributed by atoms with Gasteiger partial charge >= 0.3 is 6.09 Å². The molecular weight excluding hydrogens is 394 g/mol. The molecule has 2 aliphatic rings. The first-order valence-corrected chi connectivity index (χ1v) is 10.8. The number of hydrogen-bond acceptors (Lipinski definition) is 5. The second-order valence-electron chi connectivity index (χ2n) is 7.57. The van der Waals surface area contributed by atoms with Gasteiger partial charge in [0.2, 0.25) is 0 Å². The average Bonchev–Trinajstić information content (AvgIpc) is 2.95. The molecule has 2 aromatic rings. The van der Waals surface area contributed by atoms with Gasteiger partial charge in [0.1, 0.15) is 11.4 Å². The van der Waals surface area contributed by atoms with E-state index in [0.717, 1.165) is 29.9 Å². The first-order chi connectivity index (χ1) is 15.1. The summed E-state index contributed by atoms with van der Waals surface area (Å²) < 4.78 is 11.2. The van der Waals surface area contributed by atoms with E-state index in [-0.39, 0.29) is 12.0 Å². The highest BCUT2D eigenvalue weighted by atomic mass is 16.6. The van der Waals surface area contributed by atoms with Gasteiger partial charge in [0.05, 0.1) is 12.3 Å². The molecule has 7 heteroatoms. The van der Waals surface area contributed by atoms with Gasteiger partial charge in [0.15, 0.2) is 5.75 Å². The van der Waals surface area contributed by atoms with E-state index in [1.807, 2.05) is 30.3 Å². The Kier molecular flexibility index (Phi) is 6.21. The summed E-state index contributed by atoms with van der Waals surface area (Å²) in [5.41, 5.74) is 3.18. The predicted molar refractivity (Wildman–Crippen MR) is 119 cm³/mol. The van der Waals surface area contributed by atoms with Crippen molar-refractivity contribution in [2.45, 2.75) is 26.7 Å². The van der Waals surface area contributed by atoms with Gasteiger partial charge in [0, 0.05) is 37.3 Å². The first-order valence-electron chi connectivity index (χ1n) is 10.8. The van der Waals surface area contributed by atoms with Crippen molar-refractivity contribution in [1.29, 1.82) is 0 Å². The maximum Gasteiger partial charge on any atom is 0.409 e. The normalized spacial score (nSPS) is 15.2. The Balaban J connectivity index is 1.55. The Morgan fingerprint density at radius 1 is 1.00 bits per heavy atom. The van der Waals surface area contributed by atoms with Crippen molar-refractivity contribution < 1.29 is 19.1 Å². The second kappa shape index (κ2) is 9.20. The van der Waals surface area contributed by atoms with E-state index < -0.39 is 0 Å². The van der Waals surface area contributed by atoms with Crippen LogP contribution in [0.4, 0.5) is 10.5 Å². The molecule has 1 saturated heterocycles. The lowest BCUT2D eigenvalue weighted by Crippen LogP contribution is -2.50. The third-order valence-corrected chi connectivity index (χ3v) is 5.46. The standard InChI is InChI=1S/C24H27N3O4/c1-3-7-19-18-8-5-6-9-21(18)31-22-11-10-17(16-20(22)25-19)23(28)26-12-14-27(15-13-26)24(29)30-4-2/h5-6,8-11,16H,3-4,7,12-15H2,1-2H3. The van der Waals surface area contributed by atoms with Gasteiger partial charge < -0.3 is 19.3 Å². The second-order valence-corrected chi connectivity index (χ2v) is 7.57. The molecule has 31 heavy (non-hydrogen) atoms. The lowest BCUT2D eigenvalue weighted by atomic mass is 10.0. The van der Waals surface area contributed by atoms with Crippen LogP contribution in [0.5, 0.6) is 11.5 Å². The minimum absolute atomic E-state index is 0.0692. The van der Waals surface area contributed by atoms with E-state index in [1.54, 1.807) is 28.9 Å². The quantitative estimate of drug-likeness (QED) is 0.722. The highest BCUT2D eigenvalue weighted by Crippen LogP contribution is 2.39. The number of carbonyl (C=O) groups is 2. The molecule has 2 heterocycles. The minimum atomic E-state index is -0.325. The monoisotopic (exact) mass is 421 g/mol. The zero-order valence-electron chi connectivity index (χ0n) is 18.0. The average molecular weight is 421 g/mol. The maximum atomic E-state index is 13.1. The summed E-state index contributed by atoms with van der Waals surface area (Å²) in [4.78, 5) is 33.3. The lowest BCUT2D eigenvalue weighted by Gasteiger charge is -2.34. The summed E-state index contributed by atoms with van der Waals surface area (Å²) >= 11 is 0. The Morgan fingerprint density at radius 3 is 2.48 bits per heavy atom. The lowest BCUT2D eigenvalue weighted by molar-refractivity contribution is 0.0570. The van der Waals surface area contributed by atoms with Crippen LogP contribution in [-0.4, -0.2) is 60.3 Å². The first kappa shape index (κ1) is 20.9. The molecule has 0 spiro atoms. The van der Waals surface area contributed by atoms with Crippen LogP contribution >= 0.6 is 0 Å². The molecule has 0 saturated carbocycles. The van der Waals surface area contributed by atoms with Crippen molar-refractivity contribution >= 4 is 23.4 Å². The third-order valence-electron chi connectivity index (χ3n) is 5.46. The van der Waals surface area contributed by atoms with Crippen LogP contribution in [-0.2, 0) is 4.74 Å². The summed E-state index contributed by atoms with van der Waals surface area (Å²) in [7, 11) is 0. The van der Waals surface area contributed by atoms with Crippen molar-refractivity contribution in [1.82, 2.24) is 9.80 Å². The maximum absolute atomic E-state index is 13.1. The zero-order chi connectivity index (χ0) is 21.8. The molecule has 162 valence electrons. The number of rotatable bonds is 4. The molecule has 4 rings (SSSR count). The number of aliphatic imine (C=N–C) groups is 1. The van der Waals surface area contributed by atoms with Crippen LogP contribution in [0.1, 0.15) is 42.6 Å². The van der Waals surface area contributed by atoms with Gasteiger partial charge in [-0.25, -0.2) is 9.79 Å². The number of nitrogens with zero attached hydrogens (tertiary/aromatic N) is 3. The van der Waals surface area contributed by atoms with Crippen molar-refractivity contribution in [2.24, 2.45) is 4.99 Å². The fourth-order valence-electron chi connectivity index (χ4n) is 3.86. The number of ether oxygens (including phenoxy) is 2. The topological polar surface area (TPSA) is 71.4 Å². The van der Waals surface area contributed by atoms with Gasteiger partial charge in [-0.05, 0) is 43.7 Å². The van der Waals surface area contributed by atoms with Crippen molar-refractivity contribution in [3.05, 3.63) is 53.6 Å². The number of fused-ring (bicyclic) bond motifs is 2. The molecule has 0 atom stereocenters. The van der Waals surface area contributed by atoms with Gasteiger partial charge in [-0.1, -0.05) is 25.5 Å². The van der Waals surface area contributed by atoms with Crippen LogP contribution in [0.3, 0.4) is 0 Å². The summed E-state index contributed by atoms with van der Waals surface area (Å²) in [5, 5.41) is 0. The molecule has 1 fully saturated rings. The largest absolute Gasteiger partial charge is 0.454 e. The molecule has 2 aliphatic heterocycles. The summed E-state index contributed by atoms with van der Waals surface area (Å²) in [6.07, 6.45) is 1.47. The molecule has 0 bridgehead atoms. The Hall–Kier alpha value is -3.35. The molecule has 0 aliphatic carbocycles. The summed E-state index contributed by atoms with van der Waals surface area (Å²) in [6, 6.07) is 13.3. The summed E-state index contributed by atoms with van der Waals surface area (Å²) in [5.74, 6) is 1.35. The van der Waals surface area contributed by atoms with E-state index in [4.69, 9.17) is 14.5 Å². The summed E-state index contributed by atoms with van der Waals surface area (Å²) in [6.45, 7) is 6.13. The van der Waals surface area contributed by atoms with E-state index >= 15 is 0 Å². The number of benzene rings is 2. The van der Waals surface area contributed by atoms with Crippen LogP contribution < -0.4 is 4.74 Å². The Bertz CT molecular complexity index is 1010. The minimum Gasteiger partial charge on any atom is -0.454 e. The van der Waals surface area contributed by atoms with E-state index in [9.17, 15) is 9.59 Å². The SMILES string of the molecule is CCCC1=Nc2cc(C(=O)N3CCN(C(=O)OCC)CC3)ccc2Oc2ccccc21. The number of carbonyl (C=O) groups excluding carboxylic acids is 2. The molecule has 2 amide bonds. The van der Waals surface area contributed by atoms with Crippen molar-refractivity contribution in [3.8, 4) is 11.5 Å². The van der Waals surface area contributed by atoms with Gasteiger partial charge in [-0.3, -0.25) is 4.79 Å². The fraction of sp³-hybridized carbons (Fsp3) is 0.375. The van der Waals surface area contributed by atoms with E-state index in [1.165, 1.54) is 0 Å². The highest BCUT2D eigenvalue weighted by molar-refractivity contribution is 6.05. The Morgan fingerprint density at radius 2 is 1.74 bits per heavy atom. The van der Waals surface area contributed by atoms with E-state index in [0.29, 0.717) is 49.8 Å². The number of piperazine rings is 1. The van der Waals surface area contributed by atoms with Crippen LogP contribution in [0.25, 0.3) is 0 Å². The molecule has 0 N–H and O–H groups in total. The van der Waals surface area contributed by atoms with Crippen LogP contribution in [0.15, 0.2) is 47.5 Å². The van der Waals surface area contributed by atoms with Crippen LogP contribution in [0.2, 0.25) is 0 Å². The smallest absolute Gasteiger partial charge is 0.409 e. The molecule has 0 unspecified atom stereocenters. The molecular formula is C24H27N3O4. The molecule has 0 aromatic heterocycles. The number of hydrogen-bond donors (Lipinski definition) is 0. The molecule has 2 aromatic carbocycles. The Labute approximate surface area is 182 Å². The molecule has 7 nitrogen and oxygen atoms in total. The van der Waals surface area contributed by atoms with Crippen molar-refractivity contribution in [3.63, 3.8) is 0 Å². The fourth-order valence-corrected chi connectivity index (χ4v) is 3.86. The number of amides is 2. The van der Waals surface area contributed by atoms with Gasteiger partial charge in [0.25, 0.3) is 5.91 Å². The van der Waals surface area contributed by atoms with Crippen molar-refractivity contribution in [2.75, 3.05) is 32.8 Å². The zero-order valence-corrected chi connectivity index (χ0v) is 18.0. The van der Waals surface area contributed by atoms with Gasteiger partial charge in [-0.15, -0.1) is 0 Å². The molecule has 0 radical (unpaired) electrons.